The van der Waals surface area contributed by atoms with Gasteiger partial charge in [0.25, 0.3) is 0 Å². The van der Waals surface area contributed by atoms with Crippen molar-refractivity contribution in [3.05, 3.63) is 11.7 Å². The fraction of sp³-hybridized carbons (Fsp3) is 0.750. The molecule has 0 aliphatic heterocycles. The summed E-state index contributed by atoms with van der Waals surface area (Å²) >= 11 is 1.66. The largest absolute Gasteiger partial charge is 0.393 e. The first-order valence-electron chi connectivity index (χ1n) is 4.21. The Balaban J connectivity index is 2.39. The highest BCUT2D eigenvalue weighted by Gasteiger charge is 2.06. The Labute approximate surface area is 81.7 Å². The summed E-state index contributed by atoms with van der Waals surface area (Å²) < 4.78 is 4.98. The molecule has 13 heavy (non-hydrogen) atoms. The molecular formula is C8H14N2O2S. The van der Waals surface area contributed by atoms with Gasteiger partial charge in [-0.25, -0.2) is 0 Å². The van der Waals surface area contributed by atoms with Gasteiger partial charge in [0.05, 0.1) is 11.9 Å². The fourth-order valence-electron chi connectivity index (χ4n) is 0.912. The fourth-order valence-corrected chi connectivity index (χ4v) is 1.29. The van der Waals surface area contributed by atoms with Crippen LogP contribution in [-0.2, 0) is 12.2 Å². The van der Waals surface area contributed by atoms with Crippen LogP contribution in [0.4, 0.5) is 0 Å². The van der Waals surface area contributed by atoms with Gasteiger partial charge in [0.15, 0.2) is 5.82 Å². The number of hydrogen-bond donors (Lipinski definition) is 1. The number of hydrogen-bond acceptors (Lipinski definition) is 5. The van der Waals surface area contributed by atoms with E-state index in [0.29, 0.717) is 18.7 Å². The first-order chi connectivity index (χ1) is 6.22. The molecule has 0 radical (unpaired) electrons. The van der Waals surface area contributed by atoms with Gasteiger partial charge in [0.2, 0.25) is 5.89 Å². The summed E-state index contributed by atoms with van der Waals surface area (Å²) in [4.78, 5) is 4.16. The molecule has 1 N–H and O–H groups in total. The second-order valence-corrected chi connectivity index (χ2v) is 3.79. The van der Waals surface area contributed by atoms with E-state index in [4.69, 9.17) is 9.63 Å². The van der Waals surface area contributed by atoms with Crippen molar-refractivity contribution < 1.29 is 9.63 Å². The van der Waals surface area contributed by atoms with Crippen LogP contribution in [0.1, 0.15) is 25.1 Å². The normalized spacial score (nSPS) is 13.2. The van der Waals surface area contributed by atoms with E-state index in [-0.39, 0.29) is 6.10 Å². The Bertz CT molecular complexity index is 250. The van der Waals surface area contributed by atoms with Gasteiger partial charge in [0, 0.05) is 6.42 Å². The SMILES string of the molecule is CSCc1noc(CCC(C)O)n1. The van der Waals surface area contributed by atoms with Crippen LogP contribution in [0.2, 0.25) is 0 Å². The lowest BCUT2D eigenvalue weighted by Gasteiger charge is -1.98. The van der Waals surface area contributed by atoms with Gasteiger partial charge in [-0.05, 0) is 19.6 Å². The van der Waals surface area contributed by atoms with Crippen molar-refractivity contribution >= 4 is 11.8 Å². The molecule has 0 fully saturated rings. The minimum Gasteiger partial charge on any atom is -0.393 e. The smallest absolute Gasteiger partial charge is 0.226 e. The summed E-state index contributed by atoms with van der Waals surface area (Å²) in [6, 6.07) is 0. The van der Waals surface area contributed by atoms with Gasteiger partial charge in [-0.3, -0.25) is 0 Å². The van der Waals surface area contributed by atoms with Crippen molar-refractivity contribution in [3.8, 4) is 0 Å². The molecule has 1 unspecified atom stereocenters. The maximum absolute atomic E-state index is 9.03. The van der Waals surface area contributed by atoms with E-state index in [0.717, 1.165) is 11.6 Å². The highest BCUT2D eigenvalue weighted by Crippen LogP contribution is 2.07. The molecule has 5 heteroatoms. The average molecular weight is 202 g/mol. The molecule has 74 valence electrons. The molecule has 0 saturated carbocycles. The molecule has 1 atom stereocenters. The van der Waals surface area contributed by atoms with E-state index >= 15 is 0 Å². The third-order valence-electron chi connectivity index (χ3n) is 1.56. The third kappa shape index (κ3) is 3.78. The Morgan fingerprint density at radius 3 is 3.00 bits per heavy atom. The van der Waals surface area contributed by atoms with E-state index in [1.54, 1.807) is 18.7 Å². The number of rotatable bonds is 5. The molecule has 0 aliphatic rings. The zero-order valence-corrected chi connectivity index (χ0v) is 8.67. The maximum Gasteiger partial charge on any atom is 0.226 e. The van der Waals surface area contributed by atoms with Crippen molar-refractivity contribution in [1.29, 1.82) is 0 Å². The standard InChI is InChI=1S/C8H14N2O2S/c1-6(11)3-4-8-9-7(5-13-2)10-12-8/h6,11H,3-5H2,1-2H3. The Hall–Kier alpha value is -0.550. The van der Waals surface area contributed by atoms with Crippen LogP contribution in [0.5, 0.6) is 0 Å². The first kappa shape index (κ1) is 10.5. The number of aryl methyl sites for hydroxylation is 1. The molecule has 0 aromatic carbocycles. The van der Waals surface area contributed by atoms with Gasteiger partial charge >= 0.3 is 0 Å². The van der Waals surface area contributed by atoms with E-state index in [1.165, 1.54) is 0 Å². The van der Waals surface area contributed by atoms with E-state index < -0.39 is 0 Å². The van der Waals surface area contributed by atoms with Crippen LogP contribution in [0.15, 0.2) is 4.52 Å². The Morgan fingerprint density at radius 1 is 1.62 bits per heavy atom. The average Bonchev–Trinajstić information content (AvgIpc) is 2.50. The molecular weight excluding hydrogens is 188 g/mol. The first-order valence-corrected chi connectivity index (χ1v) is 5.60. The van der Waals surface area contributed by atoms with Crippen LogP contribution < -0.4 is 0 Å². The Kier molecular flexibility index (Phi) is 4.24. The van der Waals surface area contributed by atoms with Crippen LogP contribution in [-0.4, -0.2) is 27.6 Å². The molecule has 4 nitrogen and oxygen atoms in total. The Morgan fingerprint density at radius 2 is 2.38 bits per heavy atom. The van der Waals surface area contributed by atoms with Gasteiger partial charge in [-0.15, -0.1) is 0 Å². The molecule has 1 heterocycles. The number of aliphatic hydroxyl groups excluding tert-OH is 1. The van der Waals surface area contributed by atoms with E-state index in [9.17, 15) is 0 Å². The number of aliphatic hydroxyl groups is 1. The van der Waals surface area contributed by atoms with Crippen molar-refractivity contribution in [2.45, 2.75) is 31.6 Å². The zero-order valence-electron chi connectivity index (χ0n) is 7.86. The summed E-state index contributed by atoms with van der Waals surface area (Å²) in [5.74, 6) is 2.12. The minimum absolute atomic E-state index is 0.309. The number of nitrogens with zero attached hydrogens (tertiary/aromatic N) is 2. The van der Waals surface area contributed by atoms with Crippen molar-refractivity contribution in [2.75, 3.05) is 6.26 Å². The topological polar surface area (TPSA) is 59.2 Å². The third-order valence-corrected chi connectivity index (χ3v) is 2.11. The lowest BCUT2D eigenvalue weighted by molar-refractivity contribution is 0.180. The molecule has 1 aromatic rings. The lowest BCUT2D eigenvalue weighted by Crippen LogP contribution is -2.01. The summed E-state index contributed by atoms with van der Waals surface area (Å²) in [6.45, 7) is 1.75. The monoisotopic (exact) mass is 202 g/mol. The van der Waals surface area contributed by atoms with Crippen molar-refractivity contribution in [2.24, 2.45) is 0 Å². The van der Waals surface area contributed by atoms with E-state index in [2.05, 4.69) is 10.1 Å². The number of aromatic nitrogens is 2. The maximum atomic E-state index is 9.03. The highest BCUT2D eigenvalue weighted by molar-refractivity contribution is 7.97. The van der Waals surface area contributed by atoms with Crippen LogP contribution in [0, 0.1) is 0 Å². The molecule has 0 aliphatic carbocycles. The zero-order chi connectivity index (χ0) is 9.68. The minimum atomic E-state index is -0.309. The predicted molar refractivity (Wildman–Crippen MR) is 51.5 cm³/mol. The van der Waals surface area contributed by atoms with Gasteiger partial charge < -0.3 is 9.63 Å². The number of thioether (sulfide) groups is 1. The summed E-state index contributed by atoms with van der Waals surface area (Å²) in [7, 11) is 0. The van der Waals surface area contributed by atoms with Crippen LogP contribution in [0.3, 0.4) is 0 Å². The predicted octanol–water partition coefficient (Wildman–Crippen LogP) is 1.25. The van der Waals surface area contributed by atoms with Gasteiger partial charge in [0.1, 0.15) is 0 Å². The second-order valence-electron chi connectivity index (χ2n) is 2.93. The molecule has 0 amide bonds. The van der Waals surface area contributed by atoms with Crippen molar-refractivity contribution in [1.82, 2.24) is 10.1 Å². The summed E-state index contributed by atoms with van der Waals surface area (Å²) in [5, 5.41) is 12.8. The second kappa shape index (κ2) is 5.24. The molecule has 1 rings (SSSR count). The summed E-state index contributed by atoms with van der Waals surface area (Å²) in [5.41, 5.74) is 0. The molecule has 0 bridgehead atoms. The van der Waals surface area contributed by atoms with Crippen LogP contribution in [0.25, 0.3) is 0 Å². The quantitative estimate of drug-likeness (QED) is 0.778. The summed E-state index contributed by atoms with van der Waals surface area (Å²) in [6.07, 6.45) is 3.00. The molecule has 0 saturated heterocycles. The van der Waals surface area contributed by atoms with Crippen LogP contribution >= 0.6 is 11.8 Å². The molecule has 1 aromatic heterocycles. The lowest BCUT2D eigenvalue weighted by atomic mass is 10.2. The van der Waals surface area contributed by atoms with Gasteiger partial charge in [-0.2, -0.15) is 16.7 Å². The van der Waals surface area contributed by atoms with Gasteiger partial charge in [-0.1, -0.05) is 5.16 Å². The van der Waals surface area contributed by atoms with Crippen molar-refractivity contribution in [3.63, 3.8) is 0 Å². The molecule has 0 spiro atoms. The highest BCUT2D eigenvalue weighted by atomic mass is 32.2. The van der Waals surface area contributed by atoms with E-state index in [1.807, 2.05) is 6.26 Å².